The number of benzene rings is 1. The molecule has 0 radical (unpaired) electrons. The van der Waals surface area contributed by atoms with Gasteiger partial charge in [0.05, 0.1) is 6.61 Å². The fourth-order valence-electron chi connectivity index (χ4n) is 1.40. The number of hydrogen-bond acceptors (Lipinski definition) is 4. The first-order valence-corrected chi connectivity index (χ1v) is 5.33. The van der Waals surface area contributed by atoms with Gasteiger partial charge in [0.2, 0.25) is 0 Å². The summed E-state index contributed by atoms with van der Waals surface area (Å²) in [5.41, 5.74) is 0.324. The number of rotatable bonds is 6. The molecule has 0 saturated carbocycles. The van der Waals surface area contributed by atoms with Crippen molar-refractivity contribution in [1.82, 2.24) is 4.90 Å². The van der Waals surface area contributed by atoms with Crippen LogP contribution in [0.2, 0.25) is 0 Å². The van der Waals surface area contributed by atoms with E-state index in [0.29, 0.717) is 5.56 Å². The lowest BCUT2D eigenvalue weighted by Gasteiger charge is -2.20. The van der Waals surface area contributed by atoms with Gasteiger partial charge in [0.25, 0.3) is 5.91 Å². The molecular weight excluding hydrogens is 238 g/mol. The van der Waals surface area contributed by atoms with E-state index in [0.717, 1.165) is 0 Å². The first-order chi connectivity index (χ1) is 8.54. The Bertz CT molecular complexity index is 415. The SMILES string of the molecule is COCCN(CC(=O)O)C(=O)c1ccc(O)cc1. The average molecular weight is 253 g/mol. The van der Waals surface area contributed by atoms with Gasteiger partial charge in [0.1, 0.15) is 12.3 Å². The standard InChI is InChI=1S/C12H15NO5/c1-18-7-6-13(8-11(15)16)12(17)9-2-4-10(14)5-3-9/h2-5,14H,6-8H2,1H3,(H,15,16). The maximum atomic E-state index is 12.0. The summed E-state index contributed by atoms with van der Waals surface area (Å²) in [5.74, 6) is -1.44. The zero-order valence-electron chi connectivity index (χ0n) is 10.00. The summed E-state index contributed by atoms with van der Waals surface area (Å²) in [4.78, 5) is 23.9. The van der Waals surface area contributed by atoms with Gasteiger partial charge in [-0.3, -0.25) is 9.59 Å². The van der Waals surface area contributed by atoms with Crippen molar-refractivity contribution >= 4 is 11.9 Å². The average Bonchev–Trinajstić information content (AvgIpc) is 2.34. The molecule has 0 unspecified atom stereocenters. The van der Waals surface area contributed by atoms with Crippen molar-refractivity contribution in [2.75, 3.05) is 26.8 Å². The normalized spacial score (nSPS) is 10.1. The molecule has 1 aromatic carbocycles. The molecule has 98 valence electrons. The van der Waals surface area contributed by atoms with Crippen LogP contribution < -0.4 is 0 Å². The van der Waals surface area contributed by atoms with E-state index in [-0.39, 0.29) is 25.4 Å². The number of carbonyl (C=O) groups is 2. The lowest BCUT2D eigenvalue weighted by molar-refractivity contribution is -0.137. The van der Waals surface area contributed by atoms with Crippen LogP contribution >= 0.6 is 0 Å². The number of carbonyl (C=O) groups excluding carboxylic acids is 1. The third-order valence-corrected chi connectivity index (χ3v) is 2.29. The van der Waals surface area contributed by atoms with E-state index in [1.165, 1.54) is 36.3 Å². The van der Waals surface area contributed by atoms with Crippen LogP contribution in [-0.2, 0) is 9.53 Å². The molecule has 0 aliphatic rings. The van der Waals surface area contributed by atoms with Crippen LogP contribution in [-0.4, -0.2) is 53.8 Å². The Morgan fingerprint density at radius 1 is 1.28 bits per heavy atom. The van der Waals surface area contributed by atoms with Crippen molar-refractivity contribution in [2.45, 2.75) is 0 Å². The highest BCUT2D eigenvalue weighted by Gasteiger charge is 2.18. The van der Waals surface area contributed by atoms with Crippen LogP contribution in [0.3, 0.4) is 0 Å². The van der Waals surface area contributed by atoms with Crippen molar-refractivity contribution in [1.29, 1.82) is 0 Å². The second-order valence-electron chi connectivity index (χ2n) is 3.66. The van der Waals surface area contributed by atoms with Gasteiger partial charge >= 0.3 is 5.97 Å². The minimum absolute atomic E-state index is 0.0493. The van der Waals surface area contributed by atoms with Gasteiger partial charge in [-0.2, -0.15) is 0 Å². The highest BCUT2D eigenvalue weighted by Crippen LogP contribution is 2.11. The summed E-state index contributed by atoms with van der Waals surface area (Å²) in [5, 5.41) is 17.9. The highest BCUT2D eigenvalue weighted by atomic mass is 16.5. The third kappa shape index (κ3) is 4.06. The van der Waals surface area contributed by atoms with Gasteiger partial charge in [0.15, 0.2) is 0 Å². The first kappa shape index (κ1) is 14.0. The second kappa shape index (κ2) is 6.61. The molecule has 0 aliphatic heterocycles. The summed E-state index contributed by atoms with van der Waals surface area (Å²) in [7, 11) is 1.48. The minimum atomic E-state index is -1.08. The van der Waals surface area contributed by atoms with Crippen molar-refractivity contribution in [3.8, 4) is 5.75 Å². The van der Waals surface area contributed by atoms with E-state index in [9.17, 15) is 9.59 Å². The van der Waals surface area contributed by atoms with Crippen LogP contribution in [0, 0.1) is 0 Å². The number of ether oxygens (including phenoxy) is 1. The van der Waals surface area contributed by atoms with Crippen molar-refractivity contribution in [2.24, 2.45) is 0 Å². The zero-order chi connectivity index (χ0) is 13.5. The van der Waals surface area contributed by atoms with Crippen LogP contribution in [0.15, 0.2) is 24.3 Å². The molecule has 1 amide bonds. The van der Waals surface area contributed by atoms with E-state index in [4.69, 9.17) is 14.9 Å². The van der Waals surface area contributed by atoms with Gasteiger partial charge < -0.3 is 19.8 Å². The number of nitrogens with zero attached hydrogens (tertiary/aromatic N) is 1. The second-order valence-corrected chi connectivity index (χ2v) is 3.66. The largest absolute Gasteiger partial charge is 0.508 e. The Kier molecular flexibility index (Phi) is 5.13. The molecule has 0 saturated heterocycles. The molecule has 1 rings (SSSR count). The molecule has 1 aromatic rings. The summed E-state index contributed by atoms with van der Waals surface area (Å²) in [6.07, 6.45) is 0. The molecule has 0 spiro atoms. The monoisotopic (exact) mass is 253 g/mol. The minimum Gasteiger partial charge on any atom is -0.508 e. The molecule has 0 aliphatic carbocycles. The molecule has 2 N–H and O–H groups in total. The number of carboxylic acid groups (broad SMARTS) is 1. The Morgan fingerprint density at radius 3 is 2.39 bits per heavy atom. The van der Waals surface area contributed by atoms with Crippen molar-refractivity contribution in [3.05, 3.63) is 29.8 Å². The molecule has 0 bridgehead atoms. The van der Waals surface area contributed by atoms with Gasteiger partial charge in [-0.05, 0) is 24.3 Å². The van der Waals surface area contributed by atoms with Gasteiger partial charge in [0, 0.05) is 19.2 Å². The van der Waals surface area contributed by atoms with Crippen LogP contribution in [0.4, 0.5) is 0 Å². The Morgan fingerprint density at radius 2 is 1.89 bits per heavy atom. The molecule has 0 fully saturated rings. The number of amides is 1. The quantitative estimate of drug-likeness (QED) is 0.773. The first-order valence-electron chi connectivity index (χ1n) is 5.33. The van der Waals surface area contributed by atoms with E-state index in [1.807, 2.05) is 0 Å². The van der Waals surface area contributed by atoms with Crippen LogP contribution in [0.25, 0.3) is 0 Å². The van der Waals surface area contributed by atoms with Crippen molar-refractivity contribution in [3.63, 3.8) is 0 Å². The molecule has 0 aromatic heterocycles. The summed E-state index contributed by atoms with van der Waals surface area (Å²) in [6, 6.07) is 5.64. The van der Waals surface area contributed by atoms with Gasteiger partial charge in [-0.25, -0.2) is 0 Å². The number of methoxy groups -OCH3 is 1. The lowest BCUT2D eigenvalue weighted by atomic mass is 10.2. The van der Waals surface area contributed by atoms with Crippen LogP contribution in [0.1, 0.15) is 10.4 Å². The Labute approximate surface area is 104 Å². The Hall–Kier alpha value is -2.08. The Balaban J connectivity index is 2.80. The van der Waals surface area contributed by atoms with E-state index >= 15 is 0 Å². The number of phenolic OH excluding ortho intramolecular Hbond substituents is 1. The molecule has 0 heterocycles. The number of aliphatic carboxylic acids is 1. The predicted molar refractivity (Wildman–Crippen MR) is 63.5 cm³/mol. The van der Waals surface area contributed by atoms with Gasteiger partial charge in [-0.1, -0.05) is 0 Å². The maximum absolute atomic E-state index is 12.0. The molecule has 6 nitrogen and oxygen atoms in total. The van der Waals surface area contributed by atoms with E-state index in [1.54, 1.807) is 0 Å². The number of aromatic hydroxyl groups is 1. The fourth-order valence-corrected chi connectivity index (χ4v) is 1.40. The highest BCUT2D eigenvalue weighted by molar-refractivity contribution is 5.95. The van der Waals surface area contributed by atoms with E-state index < -0.39 is 11.9 Å². The smallest absolute Gasteiger partial charge is 0.323 e. The lowest BCUT2D eigenvalue weighted by Crippen LogP contribution is -2.37. The van der Waals surface area contributed by atoms with Crippen LogP contribution in [0.5, 0.6) is 5.75 Å². The molecule has 6 heteroatoms. The number of hydrogen-bond donors (Lipinski definition) is 2. The molecule has 0 atom stereocenters. The summed E-state index contributed by atoms with van der Waals surface area (Å²) in [6.45, 7) is 0.0721. The van der Waals surface area contributed by atoms with E-state index in [2.05, 4.69) is 0 Å². The topological polar surface area (TPSA) is 87.1 Å². The zero-order valence-corrected chi connectivity index (χ0v) is 10.00. The molecular formula is C12H15NO5. The molecule has 18 heavy (non-hydrogen) atoms. The maximum Gasteiger partial charge on any atom is 0.323 e. The fraction of sp³-hybridized carbons (Fsp3) is 0.333. The predicted octanol–water partition coefficient (Wildman–Crippen LogP) is 0.565. The number of phenols is 1. The summed E-state index contributed by atoms with van der Waals surface area (Å²) >= 11 is 0. The third-order valence-electron chi connectivity index (χ3n) is 2.29. The van der Waals surface area contributed by atoms with Crippen molar-refractivity contribution < 1.29 is 24.5 Å². The number of carboxylic acids is 1. The van der Waals surface area contributed by atoms with Gasteiger partial charge in [-0.15, -0.1) is 0 Å². The summed E-state index contributed by atoms with van der Waals surface area (Å²) < 4.78 is 4.83.